The number of hydrogen-bond donors (Lipinski definition) is 0. The first-order valence-electron chi connectivity index (χ1n) is 3.31. The van der Waals surface area contributed by atoms with Gasteiger partial charge in [0, 0.05) is 5.56 Å². The van der Waals surface area contributed by atoms with Crippen LogP contribution < -0.4 is 0 Å². The predicted octanol–water partition coefficient (Wildman–Crippen LogP) is 2.26. The third-order valence-electron chi connectivity index (χ3n) is 0.892. The lowest BCUT2D eigenvalue weighted by atomic mass is 10.3. The molecule has 0 aliphatic heterocycles. The molecule has 1 aromatic rings. The molecule has 0 aromatic carbocycles. The first-order valence-corrected chi connectivity index (χ1v) is 3.31. The highest BCUT2D eigenvalue weighted by Gasteiger charge is 1.85. The van der Waals surface area contributed by atoms with Gasteiger partial charge in [-0.2, -0.15) is 0 Å². The number of nitrogens with zero attached hydrogens (tertiary/aromatic N) is 1. The van der Waals surface area contributed by atoms with Crippen molar-refractivity contribution in [2.45, 2.75) is 27.2 Å². The lowest BCUT2D eigenvalue weighted by Crippen LogP contribution is -1.67. The van der Waals surface area contributed by atoms with E-state index in [0.29, 0.717) is 0 Å². The Labute approximate surface area is 55.9 Å². The third-order valence-corrected chi connectivity index (χ3v) is 0.892. The van der Waals surface area contributed by atoms with Crippen molar-refractivity contribution in [1.82, 2.24) is 5.16 Å². The van der Waals surface area contributed by atoms with Crippen molar-refractivity contribution in [2.75, 3.05) is 0 Å². The summed E-state index contributed by atoms with van der Waals surface area (Å²) in [5.74, 6) is 0. The maximum atomic E-state index is 4.56. The zero-order valence-corrected chi connectivity index (χ0v) is 6.22. The van der Waals surface area contributed by atoms with Crippen molar-refractivity contribution >= 4 is 0 Å². The quantitative estimate of drug-likeness (QED) is 0.578. The maximum absolute atomic E-state index is 4.56. The molecule has 0 spiro atoms. The van der Waals surface area contributed by atoms with Crippen LogP contribution in [0, 0.1) is 0 Å². The molecule has 0 saturated heterocycles. The largest absolute Gasteiger partial charge is 0.364 e. The first-order chi connectivity index (χ1) is 4.43. The van der Waals surface area contributed by atoms with Crippen molar-refractivity contribution in [3.05, 3.63) is 18.0 Å². The van der Waals surface area contributed by atoms with E-state index in [1.807, 2.05) is 13.8 Å². The number of rotatable bonds is 1. The van der Waals surface area contributed by atoms with Gasteiger partial charge in [0.05, 0.1) is 6.20 Å². The van der Waals surface area contributed by atoms with Crippen molar-refractivity contribution < 1.29 is 4.52 Å². The molecule has 0 unspecified atom stereocenters. The van der Waals surface area contributed by atoms with Gasteiger partial charge >= 0.3 is 0 Å². The summed E-state index contributed by atoms with van der Waals surface area (Å²) in [5, 5.41) is 3.52. The molecule has 52 valence electrons. The Morgan fingerprint density at radius 3 is 2.44 bits per heavy atom. The maximum Gasteiger partial charge on any atom is 0.126 e. The zero-order chi connectivity index (χ0) is 7.11. The number of aromatic nitrogens is 1. The summed E-state index contributed by atoms with van der Waals surface area (Å²) in [6, 6.07) is 0. The van der Waals surface area contributed by atoms with Crippen molar-refractivity contribution in [3.8, 4) is 0 Å². The van der Waals surface area contributed by atoms with Gasteiger partial charge in [0.25, 0.3) is 0 Å². The van der Waals surface area contributed by atoms with E-state index in [0.717, 1.165) is 12.0 Å². The van der Waals surface area contributed by atoms with Crippen LogP contribution in [-0.2, 0) is 6.42 Å². The fraction of sp³-hybridized carbons (Fsp3) is 0.571. The second-order valence-electron chi connectivity index (χ2n) is 1.39. The Bertz CT molecular complexity index is 123. The molecule has 0 fully saturated rings. The van der Waals surface area contributed by atoms with Gasteiger partial charge in [-0.1, -0.05) is 25.9 Å². The molecule has 9 heavy (non-hydrogen) atoms. The molecule has 0 N–H and O–H groups in total. The van der Waals surface area contributed by atoms with E-state index in [2.05, 4.69) is 16.6 Å². The summed E-state index contributed by atoms with van der Waals surface area (Å²) in [6.07, 6.45) is 4.38. The summed E-state index contributed by atoms with van der Waals surface area (Å²) in [7, 11) is 0. The standard InChI is InChI=1S/C5H7NO.C2H6/c1-2-5-3-6-7-4-5;1-2/h3-4H,2H2,1H3;1-2H3. The summed E-state index contributed by atoms with van der Waals surface area (Å²) >= 11 is 0. The average Bonchev–Trinajstić information content (AvgIpc) is 2.43. The Morgan fingerprint density at radius 1 is 1.56 bits per heavy atom. The van der Waals surface area contributed by atoms with Crippen molar-refractivity contribution in [2.24, 2.45) is 0 Å². The van der Waals surface area contributed by atoms with Crippen LogP contribution in [0.4, 0.5) is 0 Å². The predicted molar refractivity (Wildman–Crippen MR) is 37.2 cm³/mol. The monoisotopic (exact) mass is 127 g/mol. The minimum atomic E-state index is 1.00. The van der Waals surface area contributed by atoms with E-state index >= 15 is 0 Å². The van der Waals surface area contributed by atoms with Gasteiger partial charge in [0.15, 0.2) is 0 Å². The molecule has 1 rings (SSSR count). The van der Waals surface area contributed by atoms with Gasteiger partial charge < -0.3 is 4.52 Å². The van der Waals surface area contributed by atoms with E-state index in [4.69, 9.17) is 0 Å². The molecular formula is C7H13NO. The molecule has 0 bridgehead atoms. The summed E-state index contributed by atoms with van der Waals surface area (Å²) in [6.45, 7) is 6.06. The van der Waals surface area contributed by atoms with E-state index in [1.54, 1.807) is 12.5 Å². The van der Waals surface area contributed by atoms with Gasteiger partial charge in [0.2, 0.25) is 0 Å². The molecule has 1 aromatic heterocycles. The minimum Gasteiger partial charge on any atom is -0.364 e. The van der Waals surface area contributed by atoms with Crippen LogP contribution in [0.25, 0.3) is 0 Å². The highest BCUT2D eigenvalue weighted by molar-refractivity contribution is 4.98. The van der Waals surface area contributed by atoms with Gasteiger partial charge in [-0.15, -0.1) is 0 Å². The SMILES string of the molecule is CC.CCc1cnoc1. The minimum absolute atomic E-state index is 1.00. The van der Waals surface area contributed by atoms with Crippen LogP contribution in [0.2, 0.25) is 0 Å². The lowest BCUT2D eigenvalue weighted by Gasteiger charge is -1.74. The fourth-order valence-electron chi connectivity index (χ4n) is 0.401. The molecule has 1 heterocycles. The Balaban J connectivity index is 0.000000291. The molecule has 2 heteroatoms. The molecule has 0 radical (unpaired) electrons. The van der Waals surface area contributed by atoms with Gasteiger partial charge in [-0.25, -0.2) is 0 Å². The molecule has 0 saturated carbocycles. The molecule has 0 atom stereocenters. The highest BCUT2D eigenvalue weighted by Crippen LogP contribution is 1.94. The van der Waals surface area contributed by atoms with Crippen molar-refractivity contribution in [3.63, 3.8) is 0 Å². The molecule has 0 aliphatic carbocycles. The molecule has 0 aliphatic rings. The van der Waals surface area contributed by atoms with Gasteiger partial charge in [-0.3, -0.25) is 0 Å². The average molecular weight is 127 g/mol. The van der Waals surface area contributed by atoms with Crippen LogP contribution in [0.1, 0.15) is 26.3 Å². The van der Waals surface area contributed by atoms with Crippen molar-refractivity contribution in [1.29, 1.82) is 0 Å². The normalized spacial score (nSPS) is 7.89. The van der Waals surface area contributed by atoms with Gasteiger partial charge in [-0.05, 0) is 6.42 Å². The Kier molecular flexibility index (Phi) is 4.88. The van der Waals surface area contributed by atoms with Crippen LogP contribution in [0.15, 0.2) is 17.0 Å². The molecule has 0 amide bonds. The van der Waals surface area contributed by atoms with Crippen LogP contribution in [0.3, 0.4) is 0 Å². The smallest absolute Gasteiger partial charge is 0.126 e. The fourth-order valence-corrected chi connectivity index (χ4v) is 0.401. The van der Waals surface area contributed by atoms with E-state index in [1.165, 1.54) is 0 Å². The number of hydrogen-bond acceptors (Lipinski definition) is 2. The topological polar surface area (TPSA) is 26.0 Å². The van der Waals surface area contributed by atoms with Gasteiger partial charge in [0.1, 0.15) is 6.26 Å². The molecule has 2 nitrogen and oxygen atoms in total. The third kappa shape index (κ3) is 2.90. The molecular weight excluding hydrogens is 114 g/mol. The summed E-state index contributed by atoms with van der Waals surface area (Å²) < 4.78 is 4.56. The highest BCUT2D eigenvalue weighted by atomic mass is 16.5. The number of aryl methyl sites for hydroxylation is 1. The zero-order valence-electron chi connectivity index (χ0n) is 6.22. The first kappa shape index (κ1) is 8.21. The Hall–Kier alpha value is -0.790. The second kappa shape index (κ2) is 5.35. The summed E-state index contributed by atoms with van der Waals surface area (Å²) in [4.78, 5) is 0. The Morgan fingerprint density at radius 2 is 2.22 bits per heavy atom. The van der Waals surface area contributed by atoms with Crippen LogP contribution >= 0.6 is 0 Å². The summed E-state index contributed by atoms with van der Waals surface area (Å²) in [5.41, 5.74) is 1.15. The van der Waals surface area contributed by atoms with E-state index in [9.17, 15) is 0 Å². The van der Waals surface area contributed by atoms with Crippen LogP contribution in [-0.4, -0.2) is 5.16 Å². The van der Waals surface area contributed by atoms with E-state index < -0.39 is 0 Å². The second-order valence-corrected chi connectivity index (χ2v) is 1.39. The lowest BCUT2D eigenvalue weighted by molar-refractivity contribution is 0.419. The van der Waals surface area contributed by atoms with Crippen LogP contribution in [0.5, 0.6) is 0 Å². The van der Waals surface area contributed by atoms with E-state index in [-0.39, 0.29) is 0 Å².